The van der Waals surface area contributed by atoms with Gasteiger partial charge in [0, 0.05) is 12.7 Å². The molecule has 4 nitrogen and oxygen atoms in total. The lowest BCUT2D eigenvalue weighted by Gasteiger charge is -2.10. The van der Waals surface area contributed by atoms with Crippen molar-refractivity contribution in [2.75, 3.05) is 0 Å². The van der Waals surface area contributed by atoms with Crippen LogP contribution in [-0.4, -0.2) is 19.5 Å². The van der Waals surface area contributed by atoms with Crippen molar-refractivity contribution in [3.63, 3.8) is 0 Å². The summed E-state index contributed by atoms with van der Waals surface area (Å²) < 4.78 is 2.13. The Morgan fingerprint density at radius 3 is 2.52 bits per heavy atom. The molecule has 0 unspecified atom stereocenters. The summed E-state index contributed by atoms with van der Waals surface area (Å²) in [5.74, 6) is 0. The van der Waals surface area contributed by atoms with Gasteiger partial charge in [0.05, 0.1) is 16.8 Å². The Bertz CT molecular complexity index is 949. The summed E-state index contributed by atoms with van der Waals surface area (Å²) in [6, 6.07) is 18.1. The van der Waals surface area contributed by atoms with Crippen molar-refractivity contribution in [1.29, 1.82) is 0 Å². The first kappa shape index (κ1) is 13.9. The highest BCUT2D eigenvalue weighted by molar-refractivity contribution is 6.34. The van der Waals surface area contributed by atoms with Gasteiger partial charge >= 0.3 is 0 Å². The third-order valence-corrected chi connectivity index (χ3v) is 4.05. The van der Waals surface area contributed by atoms with E-state index in [1.54, 1.807) is 6.20 Å². The van der Waals surface area contributed by atoms with E-state index in [0.717, 1.165) is 22.4 Å². The number of pyridine rings is 1. The topological polar surface area (TPSA) is 43.6 Å². The molecule has 0 radical (unpaired) electrons. The Morgan fingerprint density at radius 2 is 1.74 bits per heavy atom. The van der Waals surface area contributed by atoms with Crippen LogP contribution in [-0.2, 0) is 6.54 Å². The van der Waals surface area contributed by atoms with Crippen LogP contribution in [0, 0.1) is 0 Å². The van der Waals surface area contributed by atoms with E-state index in [0.29, 0.717) is 11.7 Å². The van der Waals surface area contributed by atoms with Crippen molar-refractivity contribution in [3.8, 4) is 11.4 Å². The third-order valence-electron chi connectivity index (χ3n) is 3.75. The molecule has 0 saturated carbocycles. The van der Waals surface area contributed by atoms with Gasteiger partial charge < -0.3 is 4.57 Å². The van der Waals surface area contributed by atoms with Gasteiger partial charge in [-0.1, -0.05) is 48.0 Å². The van der Waals surface area contributed by atoms with Gasteiger partial charge in [0.1, 0.15) is 17.1 Å². The Labute approximate surface area is 138 Å². The highest BCUT2D eigenvalue weighted by Crippen LogP contribution is 2.29. The maximum atomic E-state index is 6.25. The second-order valence-corrected chi connectivity index (χ2v) is 5.58. The normalized spacial score (nSPS) is 11.0. The quantitative estimate of drug-likeness (QED) is 0.531. The summed E-state index contributed by atoms with van der Waals surface area (Å²) in [4.78, 5) is 13.0. The maximum absolute atomic E-state index is 6.25. The number of benzene rings is 1. The second kappa shape index (κ2) is 5.82. The zero-order valence-corrected chi connectivity index (χ0v) is 13.0. The van der Waals surface area contributed by atoms with Gasteiger partial charge in [0.25, 0.3) is 0 Å². The summed E-state index contributed by atoms with van der Waals surface area (Å²) >= 11 is 6.25. The number of halogens is 1. The smallest absolute Gasteiger partial charge is 0.145 e. The average Bonchev–Trinajstić information content (AvgIpc) is 2.97. The maximum Gasteiger partial charge on any atom is 0.145 e. The van der Waals surface area contributed by atoms with Crippen LogP contribution >= 0.6 is 11.6 Å². The lowest BCUT2D eigenvalue weighted by atomic mass is 10.2. The molecule has 0 N–H and O–H groups in total. The Balaban J connectivity index is 1.94. The van der Waals surface area contributed by atoms with E-state index in [1.165, 1.54) is 11.9 Å². The first-order valence-corrected chi connectivity index (χ1v) is 7.66. The molecule has 0 atom stereocenters. The minimum atomic E-state index is 0.457. The second-order valence-electron chi connectivity index (χ2n) is 5.22. The van der Waals surface area contributed by atoms with E-state index in [2.05, 4.69) is 31.7 Å². The van der Waals surface area contributed by atoms with Gasteiger partial charge in [0.2, 0.25) is 0 Å². The van der Waals surface area contributed by atoms with Crippen LogP contribution in [0.2, 0.25) is 5.15 Å². The van der Waals surface area contributed by atoms with Gasteiger partial charge in [-0.25, -0.2) is 9.97 Å². The van der Waals surface area contributed by atoms with E-state index in [1.807, 2.05) is 42.5 Å². The summed E-state index contributed by atoms with van der Waals surface area (Å²) in [5, 5.41) is 1.30. The molecule has 0 spiro atoms. The molecule has 0 bridgehead atoms. The number of nitrogens with zero attached hydrogens (tertiary/aromatic N) is 4. The van der Waals surface area contributed by atoms with Gasteiger partial charge in [-0.3, -0.25) is 4.98 Å². The van der Waals surface area contributed by atoms with Crippen molar-refractivity contribution >= 4 is 22.6 Å². The van der Waals surface area contributed by atoms with Crippen LogP contribution < -0.4 is 0 Å². The van der Waals surface area contributed by atoms with Gasteiger partial charge in [0.15, 0.2) is 0 Å². The standard InChI is InChI=1S/C18H13ClN4/c19-17-14-10-16(15-8-4-5-9-20-15)23(18(14)22-12-21-17)11-13-6-2-1-3-7-13/h1-10,12H,11H2. The molecule has 112 valence electrons. The molecular weight excluding hydrogens is 308 g/mol. The van der Waals surface area contributed by atoms with Gasteiger partial charge in [-0.05, 0) is 23.8 Å². The van der Waals surface area contributed by atoms with E-state index in [4.69, 9.17) is 11.6 Å². The predicted molar refractivity (Wildman–Crippen MR) is 91.3 cm³/mol. The summed E-state index contributed by atoms with van der Waals surface area (Å²) in [5.41, 5.74) is 3.87. The van der Waals surface area contributed by atoms with Crippen molar-refractivity contribution in [3.05, 3.63) is 77.8 Å². The number of fused-ring (bicyclic) bond motifs is 1. The average molecular weight is 321 g/mol. The molecule has 4 rings (SSSR count). The van der Waals surface area contributed by atoms with E-state index < -0.39 is 0 Å². The van der Waals surface area contributed by atoms with Crippen LogP contribution in [0.4, 0.5) is 0 Å². The fourth-order valence-corrected chi connectivity index (χ4v) is 2.87. The molecule has 0 aliphatic heterocycles. The zero-order valence-electron chi connectivity index (χ0n) is 12.2. The number of rotatable bonds is 3. The molecule has 0 fully saturated rings. The Morgan fingerprint density at radius 1 is 0.913 bits per heavy atom. The Hall–Kier alpha value is -2.72. The molecule has 1 aromatic carbocycles. The molecule has 0 saturated heterocycles. The van der Waals surface area contributed by atoms with Crippen LogP contribution in [0.1, 0.15) is 5.56 Å². The molecule has 0 amide bonds. The van der Waals surface area contributed by atoms with Crippen molar-refractivity contribution in [1.82, 2.24) is 19.5 Å². The molecule has 0 aliphatic carbocycles. The highest BCUT2D eigenvalue weighted by atomic mass is 35.5. The van der Waals surface area contributed by atoms with Crippen molar-refractivity contribution in [2.45, 2.75) is 6.54 Å². The number of hydrogen-bond donors (Lipinski definition) is 0. The van der Waals surface area contributed by atoms with Crippen LogP contribution in [0.5, 0.6) is 0 Å². The number of hydrogen-bond acceptors (Lipinski definition) is 3. The highest BCUT2D eigenvalue weighted by Gasteiger charge is 2.15. The van der Waals surface area contributed by atoms with Crippen LogP contribution in [0.3, 0.4) is 0 Å². The molecular formula is C18H13ClN4. The summed E-state index contributed by atoms with van der Waals surface area (Å²) in [6.07, 6.45) is 3.28. The molecule has 3 aromatic heterocycles. The van der Waals surface area contributed by atoms with Gasteiger partial charge in [-0.2, -0.15) is 0 Å². The lowest BCUT2D eigenvalue weighted by Crippen LogP contribution is -2.03. The predicted octanol–water partition coefficient (Wildman–Crippen LogP) is 4.20. The molecule has 5 heteroatoms. The van der Waals surface area contributed by atoms with E-state index in [-0.39, 0.29) is 0 Å². The molecule has 4 aromatic rings. The van der Waals surface area contributed by atoms with E-state index >= 15 is 0 Å². The van der Waals surface area contributed by atoms with Crippen molar-refractivity contribution in [2.24, 2.45) is 0 Å². The zero-order chi connectivity index (χ0) is 15.6. The minimum absolute atomic E-state index is 0.457. The van der Waals surface area contributed by atoms with Crippen LogP contribution in [0.25, 0.3) is 22.4 Å². The summed E-state index contributed by atoms with van der Waals surface area (Å²) in [7, 11) is 0. The molecule has 3 heterocycles. The first-order chi connectivity index (χ1) is 11.3. The number of aromatic nitrogens is 4. The molecule has 0 aliphatic rings. The van der Waals surface area contributed by atoms with Crippen molar-refractivity contribution < 1.29 is 0 Å². The van der Waals surface area contributed by atoms with E-state index in [9.17, 15) is 0 Å². The monoisotopic (exact) mass is 320 g/mol. The SMILES string of the molecule is Clc1ncnc2c1cc(-c1ccccn1)n2Cc1ccccc1. The Kier molecular flexibility index (Phi) is 3.52. The first-order valence-electron chi connectivity index (χ1n) is 7.28. The summed E-state index contributed by atoms with van der Waals surface area (Å²) in [6.45, 7) is 0.698. The fourth-order valence-electron chi connectivity index (χ4n) is 2.69. The largest absolute Gasteiger partial charge is 0.319 e. The lowest BCUT2D eigenvalue weighted by molar-refractivity contribution is 0.828. The minimum Gasteiger partial charge on any atom is -0.319 e. The van der Waals surface area contributed by atoms with Crippen LogP contribution in [0.15, 0.2) is 67.1 Å². The third kappa shape index (κ3) is 2.58. The fraction of sp³-hybridized carbons (Fsp3) is 0.0556. The molecule has 23 heavy (non-hydrogen) atoms. The van der Waals surface area contributed by atoms with Gasteiger partial charge in [-0.15, -0.1) is 0 Å².